The maximum absolute atomic E-state index is 11.5. The number of halogens is 3. The smallest absolute Gasteiger partial charge is 0.226 e. The SMILES string of the molecule is NN=C(Cl)C(=O)c1cccc(Cl)c1Cl. The van der Waals surface area contributed by atoms with Crippen LogP contribution >= 0.6 is 34.8 Å². The molecule has 1 rings (SSSR count). The zero-order valence-corrected chi connectivity index (χ0v) is 9.07. The van der Waals surface area contributed by atoms with Crippen molar-refractivity contribution in [1.82, 2.24) is 0 Å². The van der Waals surface area contributed by atoms with Gasteiger partial charge in [-0.3, -0.25) is 4.79 Å². The predicted octanol–water partition coefficient (Wildman–Crippen LogP) is 2.69. The van der Waals surface area contributed by atoms with Crippen molar-refractivity contribution in [1.29, 1.82) is 0 Å². The highest BCUT2D eigenvalue weighted by Crippen LogP contribution is 2.26. The summed E-state index contributed by atoms with van der Waals surface area (Å²) in [6, 6.07) is 4.64. The van der Waals surface area contributed by atoms with E-state index in [1.54, 1.807) is 12.1 Å². The number of ketones is 1. The molecule has 0 aliphatic rings. The van der Waals surface area contributed by atoms with E-state index in [9.17, 15) is 4.79 Å². The van der Waals surface area contributed by atoms with Gasteiger partial charge in [-0.2, -0.15) is 5.10 Å². The Kier molecular flexibility index (Phi) is 3.75. The van der Waals surface area contributed by atoms with Crippen LogP contribution in [0.4, 0.5) is 0 Å². The van der Waals surface area contributed by atoms with Crippen LogP contribution in [0.25, 0.3) is 0 Å². The molecule has 14 heavy (non-hydrogen) atoms. The Labute approximate surface area is 95.4 Å². The van der Waals surface area contributed by atoms with Crippen LogP contribution in [0, 0.1) is 0 Å². The first-order chi connectivity index (χ1) is 6.57. The number of rotatable bonds is 2. The Morgan fingerprint density at radius 2 is 2.00 bits per heavy atom. The monoisotopic (exact) mass is 250 g/mol. The van der Waals surface area contributed by atoms with E-state index in [0.717, 1.165) is 0 Å². The third-order valence-corrected chi connectivity index (χ3v) is 2.59. The molecule has 0 fully saturated rings. The molecule has 0 heterocycles. The Balaban J connectivity index is 3.21. The minimum atomic E-state index is -0.554. The van der Waals surface area contributed by atoms with Crippen molar-refractivity contribution in [3.05, 3.63) is 33.8 Å². The second kappa shape index (κ2) is 4.64. The van der Waals surface area contributed by atoms with E-state index in [1.165, 1.54) is 6.07 Å². The average Bonchev–Trinajstić information content (AvgIpc) is 2.20. The molecule has 0 aliphatic heterocycles. The largest absolute Gasteiger partial charge is 0.322 e. The van der Waals surface area contributed by atoms with Gasteiger partial charge in [-0.05, 0) is 12.1 Å². The van der Waals surface area contributed by atoms with Gasteiger partial charge in [0.2, 0.25) is 5.78 Å². The number of nitrogens with two attached hydrogens (primary N) is 1. The zero-order valence-electron chi connectivity index (χ0n) is 6.80. The molecular formula is C8H5Cl3N2O. The number of nitrogens with zero attached hydrogens (tertiary/aromatic N) is 1. The van der Waals surface area contributed by atoms with Crippen LogP contribution in [0.1, 0.15) is 10.4 Å². The highest BCUT2D eigenvalue weighted by atomic mass is 35.5. The summed E-state index contributed by atoms with van der Waals surface area (Å²) in [7, 11) is 0. The molecule has 0 aromatic heterocycles. The van der Waals surface area contributed by atoms with Crippen LogP contribution in [-0.2, 0) is 0 Å². The van der Waals surface area contributed by atoms with Gasteiger partial charge in [-0.1, -0.05) is 40.9 Å². The van der Waals surface area contributed by atoms with Crippen molar-refractivity contribution in [2.45, 2.75) is 0 Å². The highest BCUT2D eigenvalue weighted by molar-refractivity contribution is 6.85. The summed E-state index contributed by atoms with van der Waals surface area (Å²) in [5, 5.41) is 3.14. The van der Waals surface area contributed by atoms with Crippen LogP contribution in [0.5, 0.6) is 0 Å². The fourth-order valence-electron chi connectivity index (χ4n) is 0.849. The lowest BCUT2D eigenvalue weighted by Gasteiger charge is -2.02. The number of benzene rings is 1. The molecule has 0 aliphatic carbocycles. The number of hydrogen-bond donors (Lipinski definition) is 1. The van der Waals surface area contributed by atoms with Crippen LogP contribution in [-0.4, -0.2) is 11.0 Å². The third-order valence-electron chi connectivity index (χ3n) is 1.50. The Hall–Kier alpha value is -0.770. The van der Waals surface area contributed by atoms with Gasteiger partial charge >= 0.3 is 0 Å². The molecule has 1 aromatic carbocycles. The first-order valence-electron chi connectivity index (χ1n) is 3.50. The molecule has 3 nitrogen and oxygen atoms in total. The number of carbonyl (C=O) groups excluding carboxylic acids is 1. The number of hydrazone groups is 1. The van der Waals surface area contributed by atoms with E-state index in [-0.39, 0.29) is 20.8 Å². The standard InChI is InChI=1S/C8H5Cl3N2O/c9-5-3-1-2-4(6(5)10)7(14)8(11)13-12/h1-3H,12H2. The van der Waals surface area contributed by atoms with E-state index in [2.05, 4.69) is 5.10 Å². The van der Waals surface area contributed by atoms with E-state index < -0.39 is 5.78 Å². The third kappa shape index (κ3) is 2.18. The molecule has 74 valence electrons. The summed E-state index contributed by atoms with van der Waals surface area (Å²) < 4.78 is 0. The van der Waals surface area contributed by atoms with E-state index in [0.29, 0.717) is 0 Å². The molecule has 2 N–H and O–H groups in total. The summed E-state index contributed by atoms with van der Waals surface area (Å²) in [5.41, 5.74) is 0.179. The molecule has 6 heteroatoms. The van der Waals surface area contributed by atoms with Crippen LogP contribution in [0.15, 0.2) is 23.3 Å². The minimum Gasteiger partial charge on any atom is -0.322 e. The molecule has 0 saturated heterocycles. The molecule has 0 atom stereocenters. The number of hydrogen-bond acceptors (Lipinski definition) is 3. The van der Waals surface area contributed by atoms with E-state index in [1.807, 2.05) is 0 Å². The van der Waals surface area contributed by atoms with Gasteiger partial charge in [0.1, 0.15) is 0 Å². The van der Waals surface area contributed by atoms with Gasteiger partial charge in [0.05, 0.1) is 10.0 Å². The highest BCUT2D eigenvalue weighted by Gasteiger charge is 2.16. The molecule has 0 spiro atoms. The normalized spacial score (nSPS) is 11.5. The quantitative estimate of drug-likeness (QED) is 0.380. The van der Waals surface area contributed by atoms with Crippen LogP contribution in [0.3, 0.4) is 0 Å². The molecule has 0 bridgehead atoms. The summed E-state index contributed by atoms with van der Waals surface area (Å²) in [6.07, 6.45) is 0. The van der Waals surface area contributed by atoms with Crippen molar-refractivity contribution in [3.63, 3.8) is 0 Å². The van der Waals surface area contributed by atoms with Crippen molar-refractivity contribution in [3.8, 4) is 0 Å². The Bertz CT molecular complexity index is 404. The van der Waals surface area contributed by atoms with E-state index in [4.69, 9.17) is 40.6 Å². The Morgan fingerprint density at radius 1 is 1.36 bits per heavy atom. The maximum Gasteiger partial charge on any atom is 0.226 e. The molecule has 0 unspecified atom stereocenters. The molecule has 0 amide bonds. The lowest BCUT2D eigenvalue weighted by molar-refractivity contribution is 0.106. The zero-order chi connectivity index (χ0) is 10.7. The minimum absolute atomic E-state index is 0.140. The van der Waals surface area contributed by atoms with Crippen molar-refractivity contribution in [2.75, 3.05) is 0 Å². The fourth-order valence-corrected chi connectivity index (χ4v) is 1.34. The van der Waals surface area contributed by atoms with Crippen molar-refractivity contribution >= 4 is 45.8 Å². The summed E-state index contributed by atoms with van der Waals surface area (Å²) in [6.45, 7) is 0. The van der Waals surface area contributed by atoms with Crippen molar-refractivity contribution < 1.29 is 4.79 Å². The Morgan fingerprint density at radius 3 is 2.57 bits per heavy atom. The topological polar surface area (TPSA) is 55.4 Å². The second-order valence-electron chi connectivity index (χ2n) is 2.35. The molecule has 0 radical (unpaired) electrons. The summed E-state index contributed by atoms with van der Waals surface area (Å²) in [5.74, 6) is 4.30. The molecule has 0 saturated carbocycles. The number of Topliss-reactive ketones (excluding diaryl/α,β-unsaturated/α-hetero) is 1. The maximum atomic E-state index is 11.5. The van der Waals surface area contributed by atoms with Crippen LogP contribution in [0.2, 0.25) is 10.0 Å². The van der Waals surface area contributed by atoms with Gasteiger partial charge in [0.15, 0.2) is 5.17 Å². The lowest BCUT2D eigenvalue weighted by atomic mass is 10.1. The van der Waals surface area contributed by atoms with Gasteiger partial charge in [-0.15, -0.1) is 0 Å². The average molecular weight is 252 g/mol. The summed E-state index contributed by atoms with van der Waals surface area (Å²) >= 11 is 16.9. The van der Waals surface area contributed by atoms with Crippen molar-refractivity contribution in [2.24, 2.45) is 10.9 Å². The van der Waals surface area contributed by atoms with Gasteiger partial charge in [0, 0.05) is 5.56 Å². The first-order valence-corrected chi connectivity index (χ1v) is 4.63. The lowest BCUT2D eigenvalue weighted by Crippen LogP contribution is -2.10. The van der Waals surface area contributed by atoms with Gasteiger partial charge in [-0.25, -0.2) is 0 Å². The second-order valence-corrected chi connectivity index (χ2v) is 3.49. The first kappa shape index (κ1) is 11.3. The number of carbonyl (C=O) groups is 1. The summed E-state index contributed by atoms with van der Waals surface area (Å²) in [4.78, 5) is 11.5. The van der Waals surface area contributed by atoms with Gasteiger partial charge in [0.25, 0.3) is 0 Å². The van der Waals surface area contributed by atoms with Gasteiger partial charge < -0.3 is 5.84 Å². The van der Waals surface area contributed by atoms with Crippen LogP contribution < -0.4 is 5.84 Å². The predicted molar refractivity (Wildman–Crippen MR) is 58.3 cm³/mol. The molecular weight excluding hydrogens is 246 g/mol. The van der Waals surface area contributed by atoms with E-state index >= 15 is 0 Å². The molecule has 1 aromatic rings. The fraction of sp³-hybridized carbons (Fsp3) is 0.